The standard InChI is InChI=1S/C22H23N3O3/c1-13-15-7-6-14(12-18(15)25(4)24-13)23-21(26)17-8-9-19-16(20(17)27-5)10-11-22(2,3)28-19/h6-12H,1-5H3,(H,23,26). The van der Waals surface area contributed by atoms with Crippen LogP contribution in [0.5, 0.6) is 11.5 Å². The number of hydrogen-bond donors (Lipinski definition) is 1. The Balaban J connectivity index is 1.68. The van der Waals surface area contributed by atoms with Gasteiger partial charge in [-0.25, -0.2) is 0 Å². The molecular formula is C22H23N3O3. The van der Waals surface area contributed by atoms with Crippen LogP contribution < -0.4 is 14.8 Å². The quantitative estimate of drug-likeness (QED) is 0.738. The lowest BCUT2D eigenvalue weighted by Crippen LogP contribution is -2.28. The number of ether oxygens (including phenoxy) is 2. The van der Waals surface area contributed by atoms with Crippen LogP contribution in [0.25, 0.3) is 17.0 Å². The average molecular weight is 377 g/mol. The summed E-state index contributed by atoms with van der Waals surface area (Å²) in [5, 5.41) is 8.44. The molecule has 4 rings (SSSR count). The van der Waals surface area contributed by atoms with Gasteiger partial charge in [-0.15, -0.1) is 0 Å². The number of rotatable bonds is 3. The molecule has 3 aromatic rings. The highest BCUT2D eigenvalue weighted by Crippen LogP contribution is 2.39. The summed E-state index contributed by atoms with van der Waals surface area (Å²) in [6.07, 6.45) is 3.90. The maximum absolute atomic E-state index is 13.0. The van der Waals surface area contributed by atoms with Crippen LogP contribution in [0, 0.1) is 6.92 Å². The molecule has 0 atom stereocenters. The van der Waals surface area contributed by atoms with E-state index < -0.39 is 5.60 Å². The molecule has 28 heavy (non-hydrogen) atoms. The summed E-state index contributed by atoms with van der Waals surface area (Å²) in [5.74, 6) is 0.961. The van der Waals surface area contributed by atoms with Crippen molar-refractivity contribution in [1.29, 1.82) is 0 Å². The molecule has 1 aliphatic rings. The van der Waals surface area contributed by atoms with Crippen LogP contribution >= 0.6 is 0 Å². The first kappa shape index (κ1) is 18.1. The summed E-state index contributed by atoms with van der Waals surface area (Å²) >= 11 is 0. The van der Waals surface area contributed by atoms with Crippen LogP contribution in [0.15, 0.2) is 36.4 Å². The number of amides is 1. The van der Waals surface area contributed by atoms with Gasteiger partial charge in [0.05, 0.1) is 29.4 Å². The number of carbonyl (C=O) groups is 1. The Hall–Kier alpha value is -3.28. The zero-order chi connectivity index (χ0) is 20.1. The number of aryl methyl sites for hydroxylation is 2. The monoisotopic (exact) mass is 377 g/mol. The number of nitrogens with one attached hydrogen (secondary N) is 1. The maximum Gasteiger partial charge on any atom is 0.259 e. The molecule has 2 heterocycles. The van der Waals surface area contributed by atoms with Gasteiger partial charge < -0.3 is 14.8 Å². The maximum atomic E-state index is 13.0. The summed E-state index contributed by atoms with van der Waals surface area (Å²) in [6, 6.07) is 9.31. The van der Waals surface area contributed by atoms with Gasteiger partial charge >= 0.3 is 0 Å². The first-order valence-electron chi connectivity index (χ1n) is 9.13. The van der Waals surface area contributed by atoms with Crippen molar-refractivity contribution in [2.45, 2.75) is 26.4 Å². The van der Waals surface area contributed by atoms with E-state index in [0.717, 1.165) is 22.2 Å². The van der Waals surface area contributed by atoms with E-state index in [1.807, 2.05) is 68.9 Å². The van der Waals surface area contributed by atoms with Crippen molar-refractivity contribution in [3.8, 4) is 11.5 Å². The molecule has 2 aromatic carbocycles. The molecule has 6 nitrogen and oxygen atoms in total. The minimum absolute atomic E-state index is 0.240. The number of methoxy groups -OCH3 is 1. The van der Waals surface area contributed by atoms with Crippen LogP contribution in [0.1, 0.15) is 35.5 Å². The van der Waals surface area contributed by atoms with Gasteiger partial charge in [0.1, 0.15) is 17.1 Å². The van der Waals surface area contributed by atoms with Crippen LogP contribution in [0.3, 0.4) is 0 Å². The van der Waals surface area contributed by atoms with Crippen molar-refractivity contribution in [3.63, 3.8) is 0 Å². The Morgan fingerprint density at radius 1 is 1.25 bits per heavy atom. The number of fused-ring (bicyclic) bond motifs is 2. The first-order valence-corrected chi connectivity index (χ1v) is 9.13. The van der Waals surface area contributed by atoms with Crippen molar-refractivity contribution < 1.29 is 14.3 Å². The molecule has 0 saturated heterocycles. The predicted molar refractivity (Wildman–Crippen MR) is 110 cm³/mol. The van der Waals surface area contributed by atoms with Crippen molar-refractivity contribution in [1.82, 2.24) is 9.78 Å². The van der Waals surface area contributed by atoms with Crippen molar-refractivity contribution in [2.24, 2.45) is 7.05 Å². The molecule has 0 unspecified atom stereocenters. The molecular weight excluding hydrogens is 354 g/mol. The Bertz CT molecular complexity index is 1130. The Labute approximate surface area is 163 Å². The van der Waals surface area contributed by atoms with Crippen molar-refractivity contribution in [3.05, 3.63) is 53.2 Å². The molecule has 0 fully saturated rings. The number of carbonyl (C=O) groups excluding carboxylic acids is 1. The lowest BCUT2D eigenvalue weighted by Gasteiger charge is -2.29. The predicted octanol–water partition coefficient (Wildman–Crippen LogP) is 4.33. The molecule has 0 spiro atoms. The third-order valence-electron chi connectivity index (χ3n) is 4.92. The van der Waals surface area contributed by atoms with E-state index in [-0.39, 0.29) is 5.91 Å². The van der Waals surface area contributed by atoms with Crippen LogP contribution in [-0.2, 0) is 7.05 Å². The van der Waals surface area contributed by atoms with Gasteiger partial charge in [0, 0.05) is 18.1 Å². The second kappa shape index (κ2) is 6.41. The SMILES string of the molecule is COc1c(C(=O)Nc2ccc3c(C)nn(C)c3c2)ccc2c1C=CC(C)(C)O2. The fourth-order valence-electron chi connectivity index (χ4n) is 3.54. The van der Waals surface area contributed by atoms with Gasteiger partial charge in [-0.2, -0.15) is 5.10 Å². The van der Waals surface area contributed by atoms with E-state index in [9.17, 15) is 4.79 Å². The topological polar surface area (TPSA) is 65.4 Å². The minimum atomic E-state index is -0.390. The number of benzene rings is 2. The summed E-state index contributed by atoms with van der Waals surface area (Å²) in [7, 11) is 3.45. The van der Waals surface area contributed by atoms with E-state index in [1.54, 1.807) is 13.2 Å². The highest BCUT2D eigenvalue weighted by molar-refractivity contribution is 6.08. The van der Waals surface area contributed by atoms with E-state index in [4.69, 9.17) is 9.47 Å². The zero-order valence-corrected chi connectivity index (χ0v) is 16.7. The Morgan fingerprint density at radius 2 is 2.04 bits per heavy atom. The highest BCUT2D eigenvalue weighted by atomic mass is 16.5. The average Bonchev–Trinajstić information content (AvgIpc) is 2.93. The van der Waals surface area contributed by atoms with E-state index in [2.05, 4.69) is 10.4 Å². The second-order valence-electron chi connectivity index (χ2n) is 7.49. The van der Waals surface area contributed by atoms with E-state index in [0.29, 0.717) is 22.7 Å². The normalized spacial score (nSPS) is 14.5. The molecule has 1 aliphatic heterocycles. The van der Waals surface area contributed by atoms with Crippen molar-refractivity contribution in [2.75, 3.05) is 12.4 Å². The Morgan fingerprint density at radius 3 is 2.79 bits per heavy atom. The lowest BCUT2D eigenvalue weighted by atomic mass is 9.99. The number of aromatic nitrogens is 2. The lowest BCUT2D eigenvalue weighted by molar-refractivity contribution is 0.102. The van der Waals surface area contributed by atoms with Crippen molar-refractivity contribution >= 4 is 28.6 Å². The molecule has 144 valence electrons. The molecule has 0 saturated carbocycles. The van der Waals surface area contributed by atoms with Crippen LogP contribution in [0.2, 0.25) is 0 Å². The summed E-state index contributed by atoms with van der Waals surface area (Å²) in [6.45, 7) is 5.93. The third-order valence-corrected chi connectivity index (χ3v) is 4.92. The van der Waals surface area contributed by atoms with Gasteiger partial charge in [-0.05, 0) is 63.3 Å². The molecule has 1 aromatic heterocycles. The summed E-state index contributed by atoms with van der Waals surface area (Å²) < 4.78 is 13.3. The fraction of sp³-hybridized carbons (Fsp3) is 0.273. The van der Waals surface area contributed by atoms with Gasteiger partial charge in [-0.1, -0.05) is 0 Å². The third kappa shape index (κ3) is 3.01. The van der Waals surface area contributed by atoms with Gasteiger partial charge in [0.15, 0.2) is 0 Å². The Kier molecular flexibility index (Phi) is 4.14. The second-order valence-corrected chi connectivity index (χ2v) is 7.49. The molecule has 1 amide bonds. The summed E-state index contributed by atoms with van der Waals surface area (Å²) in [4.78, 5) is 13.0. The molecule has 6 heteroatoms. The zero-order valence-electron chi connectivity index (χ0n) is 16.7. The fourth-order valence-corrected chi connectivity index (χ4v) is 3.54. The van der Waals surface area contributed by atoms with Gasteiger partial charge in [0.2, 0.25) is 0 Å². The number of anilines is 1. The highest BCUT2D eigenvalue weighted by Gasteiger charge is 2.26. The van der Waals surface area contributed by atoms with E-state index >= 15 is 0 Å². The molecule has 0 bridgehead atoms. The minimum Gasteiger partial charge on any atom is -0.495 e. The largest absolute Gasteiger partial charge is 0.495 e. The van der Waals surface area contributed by atoms with Crippen LogP contribution in [0.4, 0.5) is 5.69 Å². The molecule has 0 radical (unpaired) electrons. The van der Waals surface area contributed by atoms with Gasteiger partial charge in [0.25, 0.3) is 5.91 Å². The number of nitrogens with zero attached hydrogens (tertiary/aromatic N) is 2. The van der Waals surface area contributed by atoms with E-state index in [1.165, 1.54) is 0 Å². The van der Waals surface area contributed by atoms with Crippen LogP contribution in [-0.4, -0.2) is 28.4 Å². The molecule has 0 aliphatic carbocycles. The summed E-state index contributed by atoms with van der Waals surface area (Å²) in [5.41, 5.74) is 3.46. The smallest absolute Gasteiger partial charge is 0.259 e. The number of hydrogen-bond acceptors (Lipinski definition) is 4. The van der Waals surface area contributed by atoms with Gasteiger partial charge in [-0.3, -0.25) is 9.48 Å². The first-order chi connectivity index (χ1) is 13.3. The molecule has 1 N–H and O–H groups in total.